The van der Waals surface area contributed by atoms with Gasteiger partial charge in [0.05, 0.1) is 19.8 Å². The van der Waals surface area contributed by atoms with Gasteiger partial charge in [-0.2, -0.15) is 0 Å². The number of amides is 1. The smallest absolute Gasteiger partial charge is 0.258 e. The summed E-state index contributed by atoms with van der Waals surface area (Å²) >= 11 is 0. The van der Waals surface area contributed by atoms with Crippen LogP contribution in [-0.4, -0.2) is 38.1 Å². The summed E-state index contributed by atoms with van der Waals surface area (Å²) in [6, 6.07) is 15.1. The van der Waals surface area contributed by atoms with E-state index in [1.165, 1.54) is 0 Å². The average Bonchev–Trinajstić information content (AvgIpc) is 2.64. The number of carbonyl (C=O) groups excluding carboxylic acids is 1. The maximum Gasteiger partial charge on any atom is 0.258 e. The monoisotopic (exact) mass is 328 g/mol. The molecule has 0 unspecified atom stereocenters. The fourth-order valence-corrected chi connectivity index (χ4v) is 2.49. The fraction of sp³-hybridized carbons (Fsp3) is 0.316. The van der Waals surface area contributed by atoms with E-state index in [1.807, 2.05) is 30.3 Å². The van der Waals surface area contributed by atoms with E-state index in [1.54, 1.807) is 37.3 Å². The third-order valence-electron chi connectivity index (χ3n) is 3.77. The summed E-state index contributed by atoms with van der Waals surface area (Å²) in [5.41, 5.74) is 7.19. The van der Waals surface area contributed by atoms with E-state index in [4.69, 9.17) is 15.2 Å². The van der Waals surface area contributed by atoms with Crippen LogP contribution in [0.3, 0.4) is 0 Å². The summed E-state index contributed by atoms with van der Waals surface area (Å²) in [4.78, 5) is 14.8. The zero-order valence-electron chi connectivity index (χ0n) is 14.2. The van der Waals surface area contributed by atoms with Gasteiger partial charge in [0, 0.05) is 13.1 Å². The molecule has 0 aliphatic rings. The molecule has 0 aromatic heterocycles. The third kappa shape index (κ3) is 4.49. The highest BCUT2D eigenvalue weighted by Crippen LogP contribution is 2.26. The van der Waals surface area contributed by atoms with Crippen LogP contribution in [-0.2, 0) is 6.54 Å². The Hall–Kier alpha value is -2.53. The molecule has 128 valence electrons. The van der Waals surface area contributed by atoms with Crippen molar-refractivity contribution >= 4 is 5.91 Å². The first-order valence-corrected chi connectivity index (χ1v) is 7.95. The van der Waals surface area contributed by atoms with Crippen LogP contribution in [0.15, 0.2) is 48.5 Å². The minimum atomic E-state index is -0.0944. The molecular weight excluding hydrogens is 304 g/mol. The van der Waals surface area contributed by atoms with Crippen molar-refractivity contribution in [1.29, 1.82) is 0 Å². The Bertz CT molecular complexity index is 659. The Morgan fingerprint density at radius 1 is 1.08 bits per heavy atom. The third-order valence-corrected chi connectivity index (χ3v) is 3.77. The summed E-state index contributed by atoms with van der Waals surface area (Å²) in [5, 5.41) is 0. The maximum atomic E-state index is 13.1. The summed E-state index contributed by atoms with van der Waals surface area (Å²) in [6.45, 7) is 1.65. The van der Waals surface area contributed by atoms with Gasteiger partial charge < -0.3 is 20.1 Å². The quantitative estimate of drug-likeness (QED) is 0.809. The van der Waals surface area contributed by atoms with Crippen molar-refractivity contribution in [1.82, 2.24) is 4.90 Å². The largest absolute Gasteiger partial charge is 0.497 e. The summed E-state index contributed by atoms with van der Waals surface area (Å²) in [7, 11) is 3.13. The number of nitrogens with two attached hydrogens (primary N) is 1. The number of hydrogen-bond donors (Lipinski definition) is 1. The molecule has 2 aromatic rings. The van der Waals surface area contributed by atoms with Crippen molar-refractivity contribution in [2.75, 3.05) is 27.3 Å². The van der Waals surface area contributed by atoms with Crippen molar-refractivity contribution in [3.05, 3.63) is 59.7 Å². The molecule has 24 heavy (non-hydrogen) atoms. The fourth-order valence-electron chi connectivity index (χ4n) is 2.49. The molecule has 0 aliphatic carbocycles. The number of benzene rings is 2. The number of carbonyl (C=O) groups is 1. The molecular formula is C19H24N2O3. The van der Waals surface area contributed by atoms with Gasteiger partial charge in [-0.3, -0.25) is 4.79 Å². The second kappa shape index (κ2) is 8.93. The highest BCUT2D eigenvalue weighted by atomic mass is 16.5. The van der Waals surface area contributed by atoms with Gasteiger partial charge in [0.15, 0.2) is 0 Å². The van der Waals surface area contributed by atoms with Gasteiger partial charge in [-0.25, -0.2) is 0 Å². The predicted octanol–water partition coefficient (Wildman–Crippen LogP) is 2.70. The lowest BCUT2D eigenvalue weighted by molar-refractivity contribution is 0.0738. The number of ether oxygens (including phenoxy) is 2. The van der Waals surface area contributed by atoms with Gasteiger partial charge in [0.2, 0.25) is 0 Å². The van der Waals surface area contributed by atoms with E-state index in [-0.39, 0.29) is 5.91 Å². The lowest BCUT2D eigenvalue weighted by Crippen LogP contribution is -2.32. The number of hydrogen-bond acceptors (Lipinski definition) is 4. The lowest BCUT2D eigenvalue weighted by atomic mass is 10.1. The van der Waals surface area contributed by atoms with Gasteiger partial charge in [-0.1, -0.05) is 30.3 Å². The van der Waals surface area contributed by atoms with Crippen LogP contribution in [0, 0.1) is 0 Å². The van der Waals surface area contributed by atoms with Crippen LogP contribution in [0.5, 0.6) is 11.5 Å². The molecule has 0 bridgehead atoms. The molecule has 2 N–H and O–H groups in total. The van der Waals surface area contributed by atoms with Crippen molar-refractivity contribution in [2.45, 2.75) is 13.0 Å². The number of rotatable bonds is 8. The second-order valence-corrected chi connectivity index (χ2v) is 5.42. The average molecular weight is 328 g/mol. The van der Waals surface area contributed by atoms with Crippen LogP contribution in [0.4, 0.5) is 0 Å². The molecule has 5 nitrogen and oxygen atoms in total. The van der Waals surface area contributed by atoms with Crippen molar-refractivity contribution in [3.63, 3.8) is 0 Å². The zero-order valence-corrected chi connectivity index (χ0v) is 14.2. The molecule has 0 saturated carbocycles. The van der Waals surface area contributed by atoms with Crippen molar-refractivity contribution in [3.8, 4) is 11.5 Å². The Kier molecular flexibility index (Phi) is 6.63. The molecule has 2 aromatic carbocycles. The van der Waals surface area contributed by atoms with E-state index in [2.05, 4.69) is 0 Å². The Labute approximate surface area is 143 Å². The van der Waals surface area contributed by atoms with E-state index < -0.39 is 0 Å². The van der Waals surface area contributed by atoms with Gasteiger partial charge in [-0.15, -0.1) is 0 Å². The van der Waals surface area contributed by atoms with Crippen LogP contribution >= 0.6 is 0 Å². The minimum absolute atomic E-state index is 0.0944. The van der Waals surface area contributed by atoms with Crippen LogP contribution in [0.2, 0.25) is 0 Å². The summed E-state index contributed by atoms with van der Waals surface area (Å²) < 4.78 is 10.6. The van der Waals surface area contributed by atoms with Crippen LogP contribution < -0.4 is 15.2 Å². The lowest BCUT2D eigenvalue weighted by Gasteiger charge is -2.24. The van der Waals surface area contributed by atoms with Crippen molar-refractivity contribution < 1.29 is 14.3 Å². The first-order chi connectivity index (χ1) is 11.7. The van der Waals surface area contributed by atoms with E-state index in [0.29, 0.717) is 36.7 Å². The van der Waals surface area contributed by atoms with Gasteiger partial charge in [0.1, 0.15) is 11.5 Å². The van der Waals surface area contributed by atoms with Gasteiger partial charge >= 0.3 is 0 Å². The molecule has 1 amide bonds. The minimum Gasteiger partial charge on any atom is -0.497 e. The first kappa shape index (κ1) is 17.8. The van der Waals surface area contributed by atoms with Crippen LogP contribution in [0.1, 0.15) is 22.3 Å². The zero-order chi connectivity index (χ0) is 17.4. The Morgan fingerprint density at radius 3 is 2.46 bits per heavy atom. The molecule has 0 spiro atoms. The Balaban J connectivity index is 2.29. The summed E-state index contributed by atoms with van der Waals surface area (Å²) in [5.74, 6) is 1.06. The maximum absolute atomic E-state index is 13.1. The molecule has 5 heteroatoms. The van der Waals surface area contributed by atoms with Crippen molar-refractivity contribution in [2.24, 2.45) is 5.73 Å². The summed E-state index contributed by atoms with van der Waals surface area (Å²) in [6.07, 6.45) is 0.741. The normalized spacial score (nSPS) is 10.3. The highest BCUT2D eigenvalue weighted by Gasteiger charge is 2.20. The molecule has 0 saturated heterocycles. The molecule has 0 fully saturated rings. The highest BCUT2D eigenvalue weighted by molar-refractivity contribution is 5.97. The predicted molar refractivity (Wildman–Crippen MR) is 94.4 cm³/mol. The number of methoxy groups -OCH3 is 2. The molecule has 0 radical (unpaired) electrons. The van der Waals surface area contributed by atoms with E-state index >= 15 is 0 Å². The molecule has 2 rings (SSSR count). The molecule has 0 heterocycles. The topological polar surface area (TPSA) is 64.8 Å². The van der Waals surface area contributed by atoms with E-state index in [0.717, 1.165) is 12.0 Å². The second-order valence-electron chi connectivity index (χ2n) is 5.42. The SMILES string of the molecule is COc1ccc(OC)c(C(=O)N(CCCN)Cc2ccccc2)c1. The van der Waals surface area contributed by atoms with Gasteiger partial charge in [0.25, 0.3) is 5.91 Å². The van der Waals surface area contributed by atoms with E-state index in [9.17, 15) is 4.79 Å². The first-order valence-electron chi connectivity index (χ1n) is 7.95. The van der Waals surface area contributed by atoms with Gasteiger partial charge in [-0.05, 0) is 36.7 Å². The van der Waals surface area contributed by atoms with Crippen LogP contribution in [0.25, 0.3) is 0 Å². The number of nitrogens with zero attached hydrogens (tertiary/aromatic N) is 1. The molecule has 0 atom stereocenters. The Morgan fingerprint density at radius 2 is 1.83 bits per heavy atom. The standard InChI is InChI=1S/C19H24N2O3/c1-23-16-9-10-18(24-2)17(13-16)19(22)21(12-6-11-20)14-15-7-4-3-5-8-15/h3-5,7-10,13H,6,11-12,14,20H2,1-2H3. The molecule has 0 aliphatic heterocycles.